The minimum Gasteiger partial charge on any atom is -0.317 e. The molecule has 1 aromatic carbocycles. The zero-order valence-electron chi connectivity index (χ0n) is 10.5. The number of thiazole rings is 1. The Morgan fingerprint density at radius 3 is 2.58 bits per heavy atom. The molecule has 5 heteroatoms. The Kier molecular flexibility index (Phi) is 4.58. The van der Waals surface area contributed by atoms with Gasteiger partial charge >= 0.3 is 0 Å². The number of nitrogens with zero attached hydrogens (tertiary/aromatic N) is 1. The third kappa shape index (κ3) is 2.98. The van der Waals surface area contributed by atoms with Gasteiger partial charge < -0.3 is 4.57 Å². The summed E-state index contributed by atoms with van der Waals surface area (Å²) < 4.78 is 15.0. The van der Waals surface area contributed by atoms with Crippen molar-refractivity contribution >= 4 is 28.3 Å². The van der Waals surface area contributed by atoms with Gasteiger partial charge in [0.25, 0.3) is 0 Å². The number of halogens is 2. The van der Waals surface area contributed by atoms with Crippen LogP contribution in [0.3, 0.4) is 0 Å². The molecule has 0 bridgehead atoms. The molecule has 2 nitrogen and oxygen atoms in total. The molecule has 19 heavy (non-hydrogen) atoms. The highest BCUT2D eigenvalue weighted by molar-refractivity contribution is 8.93. The first-order valence-electron chi connectivity index (χ1n) is 6.24. The fourth-order valence-corrected chi connectivity index (χ4v) is 3.59. The van der Waals surface area contributed by atoms with Gasteiger partial charge in [-0.25, -0.2) is 4.39 Å². The normalized spacial score (nSPS) is 13.7. The number of hydrogen-bond acceptors (Lipinski definition) is 2. The Bertz CT molecular complexity index is 615. The van der Waals surface area contributed by atoms with Crippen LogP contribution in [0.2, 0.25) is 0 Å². The average Bonchev–Trinajstić information content (AvgIpc) is 2.69. The lowest BCUT2D eigenvalue weighted by Crippen LogP contribution is -2.18. The number of aryl methyl sites for hydroxylation is 1. The number of fused-ring (bicyclic) bond motifs is 1. The van der Waals surface area contributed by atoms with Crippen molar-refractivity contribution in [1.82, 2.24) is 4.57 Å². The fraction of sp³-hybridized carbons (Fsp3) is 0.357. The van der Waals surface area contributed by atoms with Gasteiger partial charge in [-0.15, -0.1) is 28.3 Å². The van der Waals surface area contributed by atoms with Crippen molar-refractivity contribution in [3.8, 4) is 0 Å². The van der Waals surface area contributed by atoms with E-state index < -0.39 is 0 Å². The Morgan fingerprint density at radius 2 is 1.84 bits per heavy atom. The molecule has 0 saturated carbocycles. The smallest absolute Gasteiger partial charge is 0.182 e. The van der Waals surface area contributed by atoms with E-state index in [1.807, 2.05) is 0 Å². The van der Waals surface area contributed by atoms with Crippen molar-refractivity contribution in [2.45, 2.75) is 32.2 Å². The van der Waals surface area contributed by atoms with Crippen molar-refractivity contribution in [3.63, 3.8) is 0 Å². The van der Waals surface area contributed by atoms with E-state index >= 15 is 0 Å². The molecular weight excluding hydrogens is 327 g/mol. The molecule has 1 N–H and O–H groups in total. The molecule has 2 aromatic rings. The first-order valence-corrected chi connectivity index (χ1v) is 7.06. The first-order chi connectivity index (χ1) is 8.74. The summed E-state index contributed by atoms with van der Waals surface area (Å²) in [6, 6.07) is 6.57. The maximum atomic E-state index is 12.9. The quantitative estimate of drug-likeness (QED) is 0.862. The average molecular weight is 343 g/mol. The molecule has 0 amide bonds. The highest BCUT2D eigenvalue weighted by atomic mass is 79.9. The number of aromatic nitrogens is 1. The maximum absolute atomic E-state index is 12.9. The van der Waals surface area contributed by atoms with Crippen LogP contribution in [0.1, 0.15) is 29.0 Å². The monoisotopic (exact) mass is 342 g/mol. The minimum absolute atomic E-state index is 0. The van der Waals surface area contributed by atoms with E-state index in [4.69, 9.17) is 5.41 Å². The van der Waals surface area contributed by atoms with E-state index in [-0.39, 0.29) is 22.8 Å². The molecule has 3 rings (SSSR count). The number of benzene rings is 1. The van der Waals surface area contributed by atoms with Crippen molar-refractivity contribution in [1.29, 1.82) is 5.41 Å². The molecule has 1 aromatic heterocycles. The van der Waals surface area contributed by atoms with E-state index in [9.17, 15) is 4.39 Å². The summed E-state index contributed by atoms with van der Waals surface area (Å²) in [5, 5.41) is 8.07. The Morgan fingerprint density at radius 1 is 1.16 bits per heavy atom. The molecule has 0 atom stereocenters. The Labute approximate surface area is 126 Å². The highest BCUT2D eigenvalue weighted by Crippen LogP contribution is 2.23. The van der Waals surface area contributed by atoms with Crippen LogP contribution in [0.4, 0.5) is 4.39 Å². The van der Waals surface area contributed by atoms with Crippen molar-refractivity contribution in [3.05, 3.63) is 51.0 Å². The zero-order chi connectivity index (χ0) is 12.5. The topological polar surface area (TPSA) is 28.8 Å². The predicted molar refractivity (Wildman–Crippen MR) is 80.6 cm³/mol. The first kappa shape index (κ1) is 14.5. The van der Waals surface area contributed by atoms with Crippen LogP contribution in [0.15, 0.2) is 24.3 Å². The SMILES string of the molecule is Br.N=c1sc2c(n1Cc1ccc(F)cc1)CCCC2. The molecule has 0 aliphatic heterocycles. The van der Waals surface area contributed by atoms with Gasteiger partial charge in [0.15, 0.2) is 4.80 Å². The Balaban J connectivity index is 0.00000133. The molecule has 0 unspecified atom stereocenters. The van der Waals surface area contributed by atoms with Crippen LogP contribution in [0.5, 0.6) is 0 Å². The lowest BCUT2D eigenvalue weighted by atomic mass is 10.0. The summed E-state index contributed by atoms with van der Waals surface area (Å²) in [6.07, 6.45) is 4.64. The second-order valence-electron chi connectivity index (χ2n) is 4.70. The van der Waals surface area contributed by atoms with E-state index in [0.717, 1.165) is 18.4 Å². The van der Waals surface area contributed by atoms with E-state index in [1.165, 1.54) is 35.5 Å². The van der Waals surface area contributed by atoms with Crippen LogP contribution in [0.25, 0.3) is 0 Å². The molecule has 0 spiro atoms. The number of hydrogen-bond donors (Lipinski definition) is 1. The molecule has 0 saturated heterocycles. The summed E-state index contributed by atoms with van der Waals surface area (Å²) in [5.41, 5.74) is 2.38. The second-order valence-corrected chi connectivity index (χ2v) is 5.78. The summed E-state index contributed by atoms with van der Waals surface area (Å²) in [4.78, 5) is 1.99. The van der Waals surface area contributed by atoms with Gasteiger partial charge in [-0.3, -0.25) is 5.41 Å². The summed E-state index contributed by atoms with van der Waals surface area (Å²) in [5.74, 6) is -0.206. The molecular formula is C14H16BrFN2S. The fourth-order valence-electron chi connectivity index (χ4n) is 2.49. The number of nitrogens with one attached hydrogen (secondary N) is 1. The van der Waals surface area contributed by atoms with Gasteiger partial charge in [-0.2, -0.15) is 0 Å². The van der Waals surface area contributed by atoms with E-state index in [1.54, 1.807) is 23.5 Å². The molecule has 0 fully saturated rings. The largest absolute Gasteiger partial charge is 0.317 e. The van der Waals surface area contributed by atoms with Gasteiger partial charge in [0.2, 0.25) is 0 Å². The third-order valence-corrected chi connectivity index (χ3v) is 4.53. The molecule has 1 aliphatic carbocycles. The maximum Gasteiger partial charge on any atom is 0.182 e. The molecule has 1 aliphatic rings. The van der Waals surface area contributed by atoms with Crippen LogP contribution in [-0.4, -0.2) is 4.57 Å². The van der Waals surface area contributed by atoms with Crippen LogP contribution in [-0.2, 0) is 19.4 Å². The van der Waals surface area contributed by atoms with Crippen molar-refractivity contribution < 1.29 is 4.39 Å². The van der Waals surface area contributed by atoms with Gasteiger partial charge in [-0.05, 0) is 43.4 Å². The lowest BCUT2D eigenvalue weighted by molar-refractivity contribution is 0.614. The van der Waals surface area contributed by atoms with Crippen LogP contribution in [0, 0.1) is 11.2 Å². The number of rotatable bonds is 2. The van der Waals surface area contributed by atoms with Gasteiger partial charge in [-0.1, -0.05) is 12.1 Å². The van der Waals surface area contributed by atoms with Gasteiger partial charge in [0.1, 0.15) is 5.82 Å². The highest BCUT2D eigenvalue weighted by Gasteiger charge is 2.16. The van der Waals surface area contributed by atoms with Crippen molar-refractivity contribution in [2.24, 2.45) is 0 Å². The molecule has 1 heterocycles. The summed E-state index contributed by atoms with van der Waals surface area (Å²) in [7, 11) is 0. The van der Waals surface area contributed by atoms with Crippen LogP contribution < -0.4 is 4.80 Å². The van der Waals surface area contributed by atoms with E-state index in [0.29, 0.717) is 11.3 Å². The lowest BCUT2D eigenvalue weighted by Gasteiger charge is -2.14. The van der Waals surface area contributed by atoms with E-state index in [2.05, 4.69) is 4.57 Å². The van der Waals surface area contributed by atoms with Gasteiger partial charge in [0, 0.05) is 10.6 Å². The summed E-state index contributed by atoms with van der Waals surface area (Å²) >= 11 is 1.59. The van der Waals surface area contributed by atoms with Crippen molar-refractivity contribution in [2.75, 3.05) is 0 Å². The minimum atomic E-state index is -0.206. The molecule has 0 radical (unpaired) electrons. The standard InChI is InChI=1S/C14H15FN2S.BrH/c15-11-7-5-10(6-8-11)9-17-12-3-1-2-4-13(12)18-14(17)16;/h5-8,16H,1-4,9H2;1H. The molecule has 102 valence electrons. The second kappa shape index (κ2) is 6.01. The predicted octanol–water partition coefficient (Wildman–Crippen LogP) is 3.67. The van der Waals surface area contributed by atoms with Crippen LogP contribution >= 0.6 is 28.3 Å². The Hall–Kier alpha value is -0.940. The van der Waals surface area contributed by atoms with Gasteiger partial charge in [0.05, 0.1) is 6.54 Å². The summed E-state index contributed by atoms with van der Waals surface area (Å²) in [6.45, 7) is 0.685. The zero-order valence-corrected chi connectivity index (χ0v) is 13.0. The third-order valence-electron chi connectivity index (χ3n) is 3.43.